The minimum absolute atomic E-state index is 0.510. The van der Waals surface area contributed by atoms with E-state index >= 15 is 0 Å². The molecule has 0 aromatic carbocycles. The van der Waals surface area contributed by atoms with Gasteiger partial charge in [0.15, 0.2) is 5.96 Å². The van der Waals surface area contributed by atoms with E-state index in [0.29, 0.717) is 25.2 Å². The Morgan fingerprint density at radius 2 is 1.86 bits per heavy atom. The van der Waals surface area contributed by atoms with Gasteiger partial charge >= 0.3 is 0 Å². The fourth-order valence-corrected chi connectivity index (χ4v) is 2.08. The van der Waals surface area contributed by atoms with Crippen LogP contribution in [-0.4, -0.2) is 78.1 Å². The lowest BCUT2D eigenvalue weighted by Gasteiger charge is -2.27. The molecule has 0 aliphatic heterocycles. The smallest absolute Gasteiger partial charge is 0.191 e. The van der Waals surface area contributed by atoms with Crippen LogP contribution in [0.2, 0.25) is 0 Å². The molecule has 1 atom stereocenters. The second-order valence-electron chi connectivity index (χ2n) is 6.09. The van der Waals surface area contributed by atoms with Crippen molar-refractivity contribution >= 4 is 5.96 Å². The van der Waals surface area contributed by atoms with Crippen LogP contribution in [-0.2, 0) is 9.47 Å². The van der Waals surface area contributed by atoms with Crippen molar-refractivity contribution in [3.05, 3.63) is 0 Å². The number of aliphatic imine (C=N–C) groups is 1. The van der Waals surface area contributed by atoms with E-state index in [1.807, 2.05) is 0 Å². The van der Waals surface area contributed by atoms with Gasteiger partial charge in [0, 0.05) is 39.9 Å². The average molecular weight is 316 g/mol. The number of hydrogen-bond acceptors (Lipinski definition) is 4. The summed E-state index contributed by atoms with van der Waals surface area (Å²) >= 11 is 0. The highest BCUT2D eigenvalue weighted by atomic mass is 16.5. The topological polar surface area (TPSA) is 58.1 Å². The fraction of sp³-hybridized carbons (Fsp3) is 0.938. The Labute approximate surface area is 136 Å². The zero-order valence-corrected chi connectivity index (χ0v) is 15.3. The summed E-state index contributed by atoms with van der Waals surface area (Å²) in [5, 5.41) is 6.72. The number of methoxy groups -OCH3 is 1. The molecule has 1 unspecified atom stereocenters. The van der Waals surface area contributed by atoms with Gasteiger partial charge < -0.3 is 25.0 Å². The Morgan fingerprint density at radius 1 is 1.14 bits per heavy atom. The van der Waals surface area contributed by atoms with Gasteiger partial charge in [-0.2, -0.15) is 0 Å². The van der Waals surface area contributed by atoms with Crippen molar-refractivity contribution in [2.24, 2.45) is 10.9 Å². The normalized spacial score (nSPS) is 13.7. The van der Waals surface area contributed by atoms with Crippen molar-refractivity contribution in [1.82, 2.24) is 15.5 Å². The highest BCUT2D eigenvalue weighted by Crippen LogP contribution is 2.07. The molecule has 6 heteroatoms. The maximum absolute atomic E-state index is 5.43. The second kappa shape index (κ2) is 13.8. The van der Waals surface area contributed by atoms with Gasteiger partial charge in [0.1, 0.15) is 0 Å². The van der Waals surface area contributed by atoms with Crippen LogP contribution in [0.15, 0.2) is 4.99 Å². The van der Waals surface area contributed by atoms with Crippen LogP contribution < -0.4 is 10.6 Å². The first-order valence-electron chi connectivity index (χ1n) is 8.18. The van der Waals surface area contributed by atoms with E-state index in [1.54, 1.807) is 14.2 Å². The quantitative estimate of drug-likeness (QED) is 0.322. The first kappa shape index (κ1) is 21.1. The number of guanidine groups is 1. The predicted octanol–water partition coefficient (Wildman–Crippen LogP) is 1.18. The maximum Gasteiger partial charge on any atom is 0.191 e. The Kier molecular flexibility index (Phi) is 13.3. The van der Waals surface area contributed by atoms with Gasteiger partial charge in [-0.3, -0.25) is 4.99 Å². The second-order valence-corrected chi connectivity index (χ2v) is 6.09. The molecular weight excluding hydrogens is 280 g/mol. The maximum atomic E-state index is 5.43. The molecule has 22 heavy (non-hydrogen) atoms. The minimum Gasteiger partial charge on any atom is -0.382 e. The number of rotatable bonds is 12. The number of hydrogen-bond donors (Lipinski definition) is 2. The van der Waals surface area contributed by atoms with E-state index in [9.17, 15) is 0 Å². The summed E-state index contributed by atoms with van der Waals surface area (Å²) in [4.78, 5) is 6.53. The largest absolute Gasteiger partial charge is 0.382 e. The third-order valence-electron chi connectivity index (χ3n) is 3.39. The van der Waals surface area contributed by atoms with Crippen LogP contribution in [0.4, 0.5) is 0 Å². The van der Waals surface area contributed by atoms with E-state index in [-0.39, 0.29) is 0 Å². The molecule has 6 nitrogen and oxygen atoms in total. The van der Waals surface area contributed by atoms with Gasteiger partial charge in [0.25, 0.3) is 0 Å². The lowest BCUT2D eigenvalue weighted by Crippen LogP contribution is -2.45. The van der Waals surface area contributed by atoms with Crippen molar-refractivity contribution in [3.63, 3.8) is 0 Å². The summed E-state index contributed by atoms with van der Waals surface area (Å²) in [6.07, 6.45) is 2.12. The standard InChI is InChI=1S/C16H36N4O2/c1-14(2)12-15(20(4)5)13-19-16(17-3)18-8-7-9-22-11-10-21-6/h14-15H,7-13H2,1-6H3,(H2,17,18,19). The Bertz CT molecular complexity index is 283. The van der Waals surface area contributed by atoms with Crippen molar-refractivity contribution < 1.29 is 9.47 Å². The highest BCUT2D eigenvalue weighted by Gasteiger charge is 2.13. The summed E-state index contributed by atoms with van der Waals surface area (Å²) in [6, 6.07) is 0.510. The number of nitrogens with one attached hydrogen (secondary N) is 2. The summed E-state index contributed by atoms with van der Waals surface area (Å²) in [6.45, 7) is 8.31. The third-order valence-corrected chi connectivity index (χ3v) is 3.39. The lowest BCUT2D eigenvalue weighted by atomic mass is 10.0. The number of ether oxygens (including phenoxy) is 2. The molecule has 0 amide bonds. The molecule has 0 spiro atoms. The van der Waals surface area contributed by atoms with Gasteiger partial charge in [0.2, 0.25) is 0 Å². The van der Waals surface area contributed by atoms with Crippen LogP contribution in [0.3, 0.4) is 0 Å². The summed E-state index contributed by atoms with van der Waals surface area (Å²) in [7, 11) is 7.74. The van der Waals surface area contributed by atoms with Crippen molar-refractivity contribution in [2.45, 2.75) is 32.7 Å². The molecule has 0 aromatic heterocycles. The van der Waals surface area contributed by atoms with Crippen LogP contribution in [0.25, 0.3) is 0 Å². The molecule has 0 rings (SSSR count). The molecule has 2 N–H and O–H groups in total. The molecule has 0 bridgehead atoms. The van der Waals surface area contributed by atoms with Gasteiger partial charge in [0.05, 0.1) is 13.2 Å². The molecule has 0 aliphatic rings. The van der Waals surface area contributed by atoms with Crippen molar-refractivity contribution in [1.29, 1.82) is 0 Å². The Balaban J connectivity index is 3.86. The first-order chi connectivity index (χ1) is 10.5. The first-order valence-corrected chi connectivity index (χ1v) is 8.18. The number of likely N-dealkylation sites (N-methyl/N-ethyl adjacent to an activating group) is 1. The molecule has 132 valence electrons. The average Bonchev–Trinajstić information content (AvgIpc) is 2.47. The fourth-order valence-electron chi connectivity index (χ4n) is 2.08. The van der Waals surface area contributed by atoms with Crippen LogP contribution in [0.5, 0.6) is 0 Å². The molecule has 0 saturated carbocycles. The van der Waals surface area contributed by atoms with Crippen LogP contribution in [0, 0.1) is 5.92 Å². The zero-order valence-electron chi connectivity index (χ0n) is 15.3. The molecule has 0 aliphatic carbocycles. The molecule has 0 aromatic rings. The third kappa shape index (κ3) is 11.8. The molecular formula is C16H36N4O2. The highest BCUT2D eigenvalue weighted by molar-refractivity contribution is 5.79. The summed E-state index contributed by atoms with van der Waals surface area (Å²) in [5.41, 5.74) is 0. The Hall–Kier alpha value is -0.850. The number of nitrogens with zero attached hydrogens (tertiary/aromatic N) is 2. The molecule has 0 heterocycles. The minimum atomic E-state index is 0.510. The van der Waals surface area contributed by atoms with Crippen molar-refractivity contribution in [3.8, 4) is 0 Å². The molecule has 0 fully saturated rings. The van der Waals surface area contributed by atoms with E-state index in [1.165, 1.54) is 6.42 Å². The van der Waals surface area contributed by atoms with Crippen LogP contribution in [0.1, 0.15) is 26.7 Å². The lowest BCUT2D eigenvalue weighted by molar-refractivity contribution is 0.0698. The van der Waals surface area contributed by atoms with Crippen molar-refractivity contribution in [2.75, 3.05) is 61.2 Å². The van der Waals surface area contributed by atoms with E-state index in [0.717, 1.165) is 32.1 Å². The molecule has 0 saturated heterocycles. The van der Waals surface area contributed by atoms with E-state index in [2.05, 4.69) is 48.5 Å². The van der Waals surface area contributed by atoms with Crippen LogP contribution >= 0.6 is 0 Å². The SMILES string of the molecule is CN=C(NCCCOCCOC)NCC(CC(C)C)N(C)C. The summed E-state index contributed by atoms with van der Waals surface area (Å²) in [5.74, 6) is 1.54. The monoisotopic (exact) mass is 316 g/mol. The van der Waals surface area contributed by atoms with E-state index < -0.39 is 0 Å². The van der Waals surface area contributed by atoms with Gasteiger partial charge in [-0.05, 0) is 32.9 Å². The zero-order chi connectivity index (χ0) is 16.8. The van der Waals surface area contributed by atoms with E-state index in [4.69, 9.17) is 9.47 Å². The van der Waals surface area contributed by atoms with Gasteiger partial charge in [-0.15, -0.1) is 0 Å². The summed E-state index contributed by atoms with van der Waals surface area (Å²) < 4.78 is 10.4. The molecule has 0 radical (unpaired) electrons. The van der Waals surface area contributed by atoms with Gasteiger partial charge in [-0.1, -0.05) is 13.8 Å². The Morgan fingerprint density at radius 3 is 2.41 bits per heavy atom. The van der Waals surface area contributed by atoms with Gasteiger partial charge in [-0.25, -0.2) is 0 Å². The predicted molar refractivity (Wildman–Crippen MR) is 93.6 cm³/mol.